The number of amides is 2. The van der Waals surface area contributed by atoms with E-state index in [1.165, 1.54) is 12.1 Å². The van der Waals surface area contributed by atoms with Crippen molar-refractivity contribution >= 4 is 33.4 Å². The van der Waals surface area contributed by atoms with Crippen LogP contribution in [0.1, 0.15) is 0 Å². The molecule has 0 bridgehead atoms. The van der Waals surface area contributed by atoms with Crippen LogP contribution in [0.25, 0.3) is 0 Å². The molecule has 0 saturated carbocycles. The Labute approximate surface area is 93.3 Å². The summed E-state index contributed by atoms with van der Waals surface area (Å²) in [5, 5.41) is 0. The van der Waals surface area contributed by atoms with Crippen LogP contribution in [0.15, 0.2) is 34.8 Å². The fourth-order valence-corrected chi connectivity index (χ4v) is 1.53. The van der Waals surface area contributed by atoms with Gasteiger partial charge in [0.2, 0.25) is 0 Å². The maximum atomic E-state index is 13.2. The molecule has 1 aliphatic rings. The van der Waals surface area contributed by atoms with Gasteiger partial charge in [-0.15, -0.1) is 0 Å². The Morgan fingerprint density at radius 2 is 1.73 bits per heavy atom. The van der Waals surface area contributed by atoms with Gasteiger partial charge < -0.3 is 0 Å². The Bertz CT molecular complexity index is 466. The zero-order valence-corrected chi connectivity index (χ0v) is 8.99. The van der Waals surface area contributed by atoms with Gasteiger partial charge in [0.05, 0.1) is 10.2 Å². The number of benzene rings is 1. The molecule has 76 valence electrons. The quantitative estimate of drug-likeness (QED) is 0.732. The average Bonchev–Trinajstić information content (AvgIpc) is 2.52. The summed E-state index contributed by atoms with van der Waals surface area (Å²) in [6, 6.07) is 4.08. The van der Waals surface area contributed by atoms with Crippen molar-refractivity contribution in [3.05, 3.63) is 40.6 Å². The second-order valence-electron chi connectivity index (χ2n) is 2.94. The topological polar surface area (TPSA) is 37.4 Å². The lowest BCUT2D eigenvalue weighted by molar-refractivity contribution is -0.119. The van der Waals surface area contributed by atoms with Gasteiger partial charge in [-0.1, -0.05) is 0 Å². The Hall–Kier alpha value is -1.49. The Kier molecular flexibility index (Phi) is 2.40. The molecule has 2 amide bonds. The maximum absolute atomic E-state index is 13.2. The van der Waals surface area contributed by atoms with Crippen LogP contribution >= 0.6 is 15.9 Å². The minimum absolute atomic E-state index is 0.232. The highest BCUT2D eigenvalue weighted by atomic mass is 79.9. The van der Waals surface area contributed by atoms with Gasteiger partial charge >= 0.3 is 0 Å². The third-order valence-electron chi connectivity index (χ3n) is 1.97. The molecular weight excluding hydrogens is 265 g/mol. The van der Waals surface area contributed by atoms with E-state index in [0.717, 1.165) is 23.1 Å². The van der Waals surface area contributed by atoms with E-state index in [1.54, 1.807) is 0 Å². The molecule has 0 radical (unpaired) electrons. The zero-order valence-electron chi connectivity index (χ0n) is 7.41. The zero-order chi connectivity index (χ0) is 11.0. The number of imide groups is 1. The second kappa shape index (κ2) is 3.58. The number of carbonyl (C=O) groups excluding carboxylic acids is 2. The van der Waals surface area contributed by atoms with Crippen molar-refractivity contribution in [3.63, 3.8) is 0 Å². The molecule has 0 N–H and O–H groups in total. The molecule has 0 aromatic heterocycles. The third-order valence-corrected chi connectivity index (χ3v) is 2.61. The normalized spacial score (nSPS) is 15.2. The summed E-state index contributed by atoms with van der Waals surface area (Å²) >= 11 is 2.99. The van der Waals surface area contributed by atoms with Crippen LogP contribution in [0.5, 0.6) is 0 Å². The van der Waals surface area contributed by atoms with Crippen LogP contribution in [0, 0.1) is 5.82 Å². The Morgan fingerprint density at radius 3 is 2.27 bits per heavy atom. The average molecular weight is 270 g/mol. The predicted molar refractivity (Wildman–Crippen MR) is 55.7 cm³/mol. The first kappa shape index (κ1) is 10.0. The van der Waals surface area contributed by atoms with Gasteiger partial charge in [0.1, 0.15) is 5.82 Å². The molecular formula is C10H5BrFNO2. The number of halogens is 2. The molecule has 15 heavy (non-hydrogen) atoms. The SMILES string of the molecule is O=C1C=CC(=O)N1c1ccc(Br)c(F)c1. The summed E-state index contributed by atoms with van der Waals surface area (Å²) < 4.78 is 13.5. The van der Waals surface area contributed by atoms with E-state index >= 15 is 0 Å². The van der Waals surface area contributed by atoms with Gasteiger partial charge in [-0.3, -0.25) is 9.59 Å². The second-order valence-corrected chi connectivity index (χ2v) is 3.80. The van der Waals surface area contributed by atoms with E-state index < -0.39 is 17.6 Å². The monoisotopic (exact) mass is 269 g/mol. The van der Waals surface area contributed by atoms with Gasteiger partial charge in [0.25, 0.3) is 11.8 Å². The van der Waals surface area contributed by atoms with Gasteiger partial charge in [0, 0.05) is 12.2 Å². The molecule has 1 aromatic carbocycles. The standard InChI is InChI=1S/C10H5BrFNO2/c11-7-2-1-6(5-8(7)12)13-9(14)3-4-10(13)15/h1-5H. The molecule has 0 spiro atoms. The smallest absolute Gasteiger partial charge is 0.258 e. The Morgan fingerprint density at radius 1 is 1.13 bits per heavy atom. The van der Waals surface area contributed by atoms with E-state index in [9.17, 15) is 14.0 Å². The van der Waals surface area contributed by atoms with Crippen molar-refractivity contribution in [1.29, 1.82) is 0 Å². The molecule has 0 aliphatic carbocycles. The number of rotatable bonds is 1. The van der Waals surface area contributed by atoms with Crippen molar-refractivity contribution in [2.45, 2.75) is 0 Å². The van der Waals surface area contributed by atoms with Gasteiger partial charge in [-0.2, -0.15) is 0 Å². The lowest BCUT2D eigenvalue weighted by atomic mass is 10.3. The molecule has 2 rings (SSSR count). The summed E-state index contributed by atoms with van der Waals surface area (Å²) in [6.07, 6.45) is 2.31. The van der Waals surface area contributed by atoms with Gasteiger partial charge in [-0.25, -0.2) is 9.29 Å². The first-order chi connectivity index (χ1) is 7.09. The van der Waals surface area contributed by atoms with Crippen LogP contribution in [-0.2, 0) is 9.59 Å². The summed E-state index contributed by atoms with van der Waals surface area (Å²) in [5.41, 5.74) is 0.232. The number of hydrogen-bond acceptors (Lipinski definition) is 2. The fourth-order valence-electron chi connectivity index (χ4n) is 1.28. The lowest BCUT2D eigenvalue weighted by Crippen LogP contribution is -2.29. The number of anilines is 1. The maximum Gasteiger partial charge on any atom is 0.258 e. The molecule has 0 atom stereocenters. The van der Waals surface area contributed by atoms with E-state index in [4.69, 9.17) is 0 Å². The molecule has 1 heterocycles. The van der Waals surface area contributed by atoms with Crippen molar-refractivity contribution in [1.82, 2.24) is 0 Å². The number of carbonyl (C=O) groups is 2. The summed E-state index contributed by atoms with van der Waals surface area (Å²) in [6.45, 7) is 0. The third kappa shape index (κ3) is 1.70. The summed E-state index contributed by atoms with van der Waals surface area (Å²) in [7, 11) is 0. The van der Waals surface area contributed by atoms with Crippen LogP contribution in [0.3, 0.4) is 0 Å². The number of hydrogen-bond donors (Lipinski definition) is 0. The first-order valence-corrected chi connectivity index (χ1v) is 4.90. The first-order valence-electron chi connectivity index (χ1n) is 4.11. The highest BCUT2D eigenvalue weighted by Crippen LogP contribution is 2.24. The predicted octanol–water partition coefficient (Wildman–Crippen LogP) is 2.02. The number of nitrogens with zero attached hydrogens (tertiary/aromatic N) is 1. The summed E-state index contributed by atoms with van der Waals surface area (Å²) in [4.78, 5) is 23.4. The molecule has 0 unspecified atom stereocenters. The van der Waals surface area contributed by atoms with E-state index in [0.29, 0.717) is 4.47 Å². The van der Waals surface area contributed by atoms with Gasteiger partial charge in [-0.05, 0) is 34.1 Å². The molecule has 3 nitrogen and oxygen atoms in total. The van der Waals surface area contributed by atoms with Crippen molar-refractivity contribution in [2.24, 2.45) is 0 Å². The molecule has 5 heteroatoms. The summed E-state index contributed by atoms with van der Waals surface area (Å²) in [5.74, 6) is -1.43. The van der Waals surface area contributed by atoms with Crippen LogP contribution < -0.4 is 4.90 Å². The van der Waals surface area contributed by atoms with E-state index in [1.807, 2.05) is 0 Å². The lowest BCUT2D eigenvalue weighted by Gasteiger charge is -2.13. The van der Waals surface area contributed by atoms with Crippen LogP contribution in [0.2, 0.25) is 0 Å². The molecule has 1 aromatic rings. The van der Waals surface area contributed by atoms with Gasteiger partial charge in [0.15, 0.2) is 0 Å². The molecule has 0 saturated heterocycles. The van der Waals surface area contributed by atoms with Crippen molar-refractivity contribution in [2.75, 3.05) is 4.90 Å². The fraction of sp³-hybridized carbons (Fsp3) is 0. The van der Waals surface area contributed by atoms with Crippen molar-refractivity contribution in [3.8, 4) is 0 Å². The Balaban J connectivity index is 2.42. The van der Waals surface area contributed by atoms with Crippen LogP contribution in [0.4, 0.5) is 10.1 Å². The van der Waals surface area contributed by atoms with Crippen molar-refractivity contribution < 1.29 is 14.0 Å². The largest absolute Gasteiger partial charge is 0.269 e. The van der Waals surface area contributed by atoms with E-state index in [2.05, 4.69) is 15.9 Å². The van der Waals surface area contributed by atoms with Crippen LogP contribution in [-0.4, -0.2) is 11.8 Å². The highest BCUT2D eigenvalue weighted by molar-refractivity contribution is 9.10. The minimum Gasteiger partial charge on any atom is -0.269 e. The molecule has 1 aliphatic heterocycles. The minimum atomic E-state index is -0.514. The highest BCUT2D eigenvalue weighted by Gasteiger charge is 2.25. The van der Waals surface area contributed by atoms with E-state index in [-0.39, 0.29) is 5.69 Å². The molecule has 0 fully saturated rings.